The zero-order valence-electron chi connectivity index (χ0n) is 25.8. The van der Waals surface area contributed by atoms with E-state index < -0.39 is 77.2 Å². The van der Waals surface area contributed by atoms with E-state index in [9.17, 15) is 39.6 Å². The maximum Gasteiger partial charge on any atom is 0.310 e. The summed E-state index contributed by atoms with van der Waals surface area (Å²) in [6.45, 7) is 7.81. The van der Waals surface area contributed by atoms with E-state index in [4.69, 9.17) is 14.2 Å². The fourth-order valence-electron chi connectivity index (χ4n) is 6.37. The second kappa shape index (κ2) is 12.2. The lowest BCUT2D eigenvalue weighted by Crippen LogP contribution is -2.71. The Kier molecular flexibility index (Phi) is 9.14. The molecule has 1 fully saturated rings. The summed E-state index contributed by atoms with van der Waals surface area (Å²) >= 11 is 0. The van der Waals surface area contributed by atoms with E-state index >= 15 is 0 Å². The summed E-state index contributed by atoms with van der Waals surface area (Å²) in [4.78, 5) is 55.0. The van der Waals surface area contributed by atoms with E-state index in [0.29, 0.717) is 24.0 Å². The maximum absolute atomic E-state index is 14.5. The Morgan fingerprint density at radius 3 is 2.27 bits per heavy atom. The van der Waals surface area contributed by atoms with E-state index in [-0.39, 0.29) is 34.8 Å². The van der Waals surface area contributed by atoms with Crippen molar-refractivity contribution in [3.63, 3.8) is 0 Å². The van der Waals surface area contributed by atoms with Gasteiger partial charge < -0.3 is 34.6 Å². The van der Waals surface area contributed by atoms with Crippen LogP contribution in [0.25, 0.3) is 0 Å². The normalized spacial score (nSPS) is 30.2. The number of ketones is 3. The minimum Gasteiger partial charge on any atom is -0.508 e. The second-order valence-corrected chi connectivity index (χ2v) is 12.4. The lowest BCUT2D eigenvalue weighted by molar-refractivity contribution is -0.198. The highest BCUT2D eigenvalue weighted by molar-refractivity contribution is 6.15. The Morgan fingerprint density at radius 1 is 0.932 bits per heavy atom. The summed E-state index contributed by atoms with van der Waals surface area (Å²) < 4.78 is 17.2. The van der Waals surface area contributed by atoms with Crippen LogP contribution in [0, 0.1) is 25.2 Å². The van der Waals surface area contributed by atoms with Crippen LogP contribution in [0.5, 0.6) is 23.0 Å². The van der Waals surface area contributed by atoms with Crippen molar-refractivity contribution in [2.45, 2.75) is 90.6 Å². The van der Waals surface area contributed by atoms with Gasteiger partial charge in [-0.05, 0) is 89.1 Å². The van der Waals surface area contributed by atoms with Gasteiger partial charge in [-0.2, -0.15) is 0 Å². The molecule has 0 spiro atoms. The number of aliphatic hydroxyl groups excluding tert-OH is 1. The number of ether oxygens (including phenoxy) is 3. The number of Topliss-reactive ketones (excluding diaryl/α,β-unsaturated/α-hetero) is 3. The molecule has 1 heterocycles. The van der Waals surface area contributed by atoms with E-state index in [1.54, 1.807) is 26.8 Å². The summed E-state index contributed by atoms with van der Waals surface area (Å²) in [5.74, 6) is -4.63. The number of benzene rings is 2. The number of phenolic OH excluding ortho intramolecular Hbond substituents is 3. The lowest BCUT2D eigenvalue weighted by Gasteiger charge is -2.50. The van der Waals surface area contributed by atoms with Crippen molar-refractivity contribution in [1.82, 2.24) is 0 Å². The molecule has 11 heteroatoms. The van der Waals surface area contributed by atoms with Gasteiger partial charge in [0, 0.05) is 25.2 Å². The molecular formula is C33H40O11. The third kappa shape index (κ3) is 5.78. The zero-order valence-corrected chi connectivity index (χ0v) is 25.8. The van der Waals surface area contributed by atoms with E-state index in [0.717, 1.165) is 6.07 Å². The predicted octanol–water partition coefficient (Wildman–Crippen LogP) is 3.64. The molecule has 44 heavy (non-hydrogen) atoms. The number of aryl methyl sites for hydroxylation is 1. The number of hydrogen-bond acceptors (Lipinski definition) is 11. The standard InChI is InChI=1S/C33H40O11/c1-16-10-22(35)18(3)25(11-16)44-31-30(41)32(4,28(39)29(40)33(31,5)42-6)20-9-7-8-17(2)43-26(38)13-19-12-21(34)15-24(37)27(19)23(36)14-20/h10-12,15,17,20,29,31,34-35,37,40H,7-9,13-14H2,1-6H3. The molecule has 2 aromatic rings. The van der Waals surface area contributed by atoms with Crippen LogP contribution in [0.2, 0.25) is 0 Å². The summed E-state index contributed by atoms with van der Waals surface area (Å²) in [7, 11) is 1.25. The molecule has 0 aromatic heterocycles. The van der Waals surface area contributed by atoms with Gasteiger partial charge in [0.25, 0.3) is 0 Å². The number of rotatable bonds is 4. The van der Waals surface area contributed by atoms with Gasteiger partial charge in [-0.1, -0.05) is 0 Å². The molecule has 6 unspecified atom stereocenters. The zero-order chi connectivity index (χ0) is 32.7. The number of cyclic esters (lactones) is 1. The number of methoxy groups -OCH3 is 1. The number of hydrogen-bond donors (Lipinski definition) is 4. The van der Waals surface area contributed by atoms with Crippen LogP contribution in [0.15, 0.2) is 24.3 Å². The highest BCUT2D eigenvalue weighted by atomic mass is 16.6. The molecule has 4 N–H and O–H groups in total. The SMILES string of the molecule is COC1(C)C(O)C(=O)C(C)(C2CCCC(C)OC(=O)Cc3cc(O)cc(O)c3C(=O)C2)C(=O)C1Oc1cc(C)cc(O)c1C. The molecule has 0 bridgehead atoms. The van der Waals surface area contributed by atoms with Gasteiger partial charge in [0.1, 0.15) is 34.7 Å². The van der Waals surface area contributed by atoms with Gasteiger partial charge in [0.2, 0.25) is 0 Å². The van der Waals surface area contributed by atoms with Gasteiger partial charge >= 0.3 is 5.97 Å². The van der Waals surface area contributed by atoms with E-state index in [2.05, 4.69) is 0 Å². The first-order valence-electron chi connectivity index (χ1n) is 14.6. The molecule has 6 atom stereocenters. The minimum absolute atomic E-state index is 0.0402. The fraction of sp³-hybridized carbons (Fsp3) is 0.515. The first-order valence-corrected chi connectivity index (χ1v) is 14.6. The van der Waals surface area contributed by atoms with Crippen LogP contribution in [0.4, 0.5) is 0 Å². The first-order chi connectivity index (χ1) is 20.5. The average Bonchev–Trinajstić information content (AvgIpc) is 2.94. The number of aliphatic hydroxyl groups is 1. The van der Waals surface area contributed by atoms with Crippen LogP contribution in [-0.4, -0.2) is 74.8 Å². The van der Waals surface area contributed by atoms with Crippen molar-refractivity contribution in [2.75, 3.05) is 7.11 Å². The maximum atomic E-state index is 14.5. The third-order valence-corrected chi connectivity index (χ3v) is 9.28. The Balaban J connectivity index is 1.83. The topological polar surface area (TPSA) is 177 Å². The molecule has 1 aliphatic carbocycles. The molecule has 238 valence electrons. The summed E-state index contributed by atoms with van der Waals surface area (Å²) in [6, 6.07) is 5.32. The number of esters is 1. The Bertz CT molecular complexity index is 1500. The van der Waals surface area contributed by atoms with Crippen LogP contribution in [0.1, 0.15) is 73.5 Å². The van der Waals surface area contributed by atoms with Gasteiger partial charge in [-0.3, -0.25) is 19.2 Å². The Morgan fingerprint density at radius 2 is 1.61 bits per heavy atom. The molecule has 0 saturated heterocycles. The van der Waals surface area contributed by atoms with Crippen molar-refractivity contribution in [1.29, 1.82) is 0 Å². The van der Waals surface area contributed by atoms with Crippen LogP contribution < -0.4 is 4.74 Å². The second-order valence-electron chi connectivity index (χ2n) is 12.4. The highest BCUT2D eigenvalue weighted by Crippen LogP contribution is 2.48. The van der Waals surface area contributed by atoms with E-state index in [1.165, 1.54) is 33.1 Å². The van der Waals surface area contributed by atoms with Gasteiger partial charge in [-0.15, -0.1) is 0 Å². The molecule has 1 aliphatic heterocycles. The molecule has 1 saturated carbocycles. The highest BCUT2D eigenvalue weighted by Gasteiger charge is 2.65. The predicted molar refractivity (Wildman–Crippen MR) is 157 cm³/mol. The average molecular weight is 613 g/mol. The van der Waals surface area contributed by atoms with Gasteiger partial charge in [0.05, 0.1) is 23.5 Å². The van der Waals surface area contributed by atoms with Crippen LogP contribution in [-0.2, 0) is 30.3 Å². The van der Waals surface area contributed by atoms with E-state index in [1.807, 2.05) is 0 Å². The van der Waals surface area contributed by atoms with Crippen LogP contribution >= 0.6 is 0 Å². The lowest BCUT2D eigenvalue weighted by atomic mass is 9.57. The molecular weight excluding hydrogens is 572 g/mol. The molecule has 4 rings (SSSR count). The largest absolute Gasteiger partial charge is 0.508 e. The van der Waals surface area contributed by atoms with Crippen molar-refractivity contribution in [3.05, 3.63) is 46.5 Å². The van der Waals surface area contributed by atoms with Crippen molar-refractivity contribution < 1.29 is 53.8 Å². The minimum atomic E-state index is -1.94. The summed E-state index contributed by atoms with van der Waals surface area (Å²) in [6.07, 6.45) is -3.77. The number of carbonyl (C=O) groups is 4. The fourth-order valence-corrected chi connectivity index (χ4v) is 6.37. The smallest absolute Gasteiger partial charge is 0.310 e. The summed E-state index contributed by atoms with van der Waals surface area (Å²) in [5, 5.41) is 42.6. The van der Waals surface area contributed by atoms with Crippen molar-refractivity contribution in [3.8, 4) is 23.0 Å². The van der Waals surface area contributed by atoms with Gasteiger partial charge in [0.15, 0.2) is 23.5 Å². The Labute approximate surface area is 255 Å². The quantitative estimate of drug-likeness (QED) is 0.293. The number of aromatic hydroxyl groups is 3. The number of fused-ring (bicyclic) bond motifs is 1. The monoisotopic (exact) mass is 612 g/mol. The molecule has 0 radical (unpaired) electrons. The summed E-state index contributed by atoms with van der Waals surface area (Å²) in [5.41, 5.74) is -2.94. The molecule has 2 aliphatic rings. The van der Waals surface area contributed by atoms with Gasteiger partial charge in [-0.25, -0.2) is 0 Å². The first kappa shape index (κ1) is 32.9. The molecule has 0 amide bonds. The van der Waals surface area contributed by atoms with Crippen molar-refractivity contribution >= 4 is 23.3 Å². The number of carbonyl (C=O) groups excluding carboxylic acids is 4. The molecule has 2 aromatic carbocycles. The molecule has 11 nitrogen and oxygen atoms in total. The Hall–Kier alpha value is -3.96. The number of phenols is 3. The van der Waals surface area contributed by atoms with Crippen LogP contribution in [0.3, 0.4) is 0 Å². The van der Waals surface area contributed by atoms with Crippen molar-refractivity contribution in [2.24, 2.45) is 11.3 Å². The third-order valence-electron chi connectivity index (χ3n) is 9.28.